The zero-order valence-corrected chi connectivity index (χ0v) is 11.0. The Morgan fingerprint density at radius 1 is 1.44 bits per heavy atom. The SMILES string of the molecule is CNC(=O)CC(c1ccc(Br)cc1)C1CC1. The minimum absolute atomic E-state index is 0.139. The second kappa shape index (κ2) is 5.00. The van der Waals surface area contributed by atoms with Gasteiger partial charge in [0.05, 0.1) is 0 Å². The zero-order chi connectivity index (χ0) is 11.5. The van der Waals surface area contributed by atoms with Crippen molar-refractivity contribution in [1.29, 1.82) is 0 Å². The molecule has 0 bridgehead atoms. The van der Waals surface area contributed by atoms with Gasteiger partial charge >= 0.3 is 0 Å². The van der Waals surface area contributed by atoms with E-state index in [0.29, 0.717) is 18.3 Å². The Hall–Kier alpha value is -0.830. The number of rotatable bonds is 4. The molecule has 1 unspecified atom stereocenters. The summed E-state index contributed by atoms with van der Waals surface area (Å²) in [5, 5.41) is 2.71. The molecule has 1 aromatic rings. The first-order valence-corrected chi connectivity index (χ1v) is 6.46. The third-order valence-electron chi connectivity index (χ3n) is 3.17. The van der Waals surface area contributed by atoms with E-state index < -0.39 is 0 Å². The predicted octanol–water partition coefficient (Wildman–Crippen LogP) is 3.08. The van der Waals surface area contributed by atoms with Crippen molar-refractivity contribution in [3.05, 3.63) is 34.3 Å². The van der Waals surface area contributed by atoms with Gasteiger partial charge in [0.15, 0.2) is 0 Å². The lowest BCUT2D eigenvalue weighted by Gasteiger charge is -2.15. The van der Waals surface area contributed by atoms with Crippen molar-refractivity contribution < 1.29 is 4.79 Å². The average molecular weight is 282 g/mol. The molecule has 0 saturated heterocycles. The van der Waals surface area contributed by atoms with Gasteiger partial charge in [-0.15, -0.1) is 0 Å². The lowest BCUT2D eigenvalue weighted by Crippen LogP contribution is -2.21. The number of hydrogen-bond donors (Lipinski definition) is 1. The van der Waals surface area contributed by atoms with E-state index >= 15 is 0 Å². The molecule has 1 aliphatic carbocycles. The highest BCUT2D eigenvalue weighted by Crippen LogP contribution is 2.44. The van der Waals surface area contributed by atoms with Crippen LogP contribution in [0.3, 0.4) is 0 Å². The Morgan fingerprint density at radius 3 is 2.56 bits per heavy atom. The summed E-state index contributed by atoms with van der Waals surface area (Å²) in [4.78, 5) is 11.5. The predicted molar refractivity (Wildman–Crippen MR) is 68.3 cm³/mol. The third-order valence-corrected chi connectivity index (χ3v) is 3.70. The molecule has 2 nitrogen and oxygen atoms in total. The fraction of sp³-hybridized carbons (Fsp3) is 0.462. The number of nitrogens with one attached hydrogen (secondary N) is 1. The summed E-state index contributed by atoms with van der Waals surface area (Å²) in [6.07, 6.45) is 3.14. The van der Waals surface area contributed by atoms with Crippen molar-refractivity contribution in [2.75, 3.05) is 7.05 Å². The monoisotopic (exact) mass is 281 g/mol. The highest BCUT2D eigenvalue weighted by atomic mass is 79.9. The largest absolute Gasteiger partial charge is 0.359 e. The van der Waals surface area contributed by atoms with Crippen LogP contribution in [0.15, 0.2) is 28.7 Å². The molecular formula is C13H16BrNO. The van der Waals surface area contributed by atoms with Crippen molar-refractivity contribution in [2.45, 2.75) is 25.2 Å². The van der Waals surface area contributed by atoms with E-state index in [1.165, 1.54) is 18.4 Å². The number of carbonyl (C=O) groups is 1. The average Bonchev–Trinajstić information content (AvgIpc) is 3.11. The van der Waals surface area contributed by atoms with Crippen molar-refractivity contribution in [3.63, 3.8) is 0 Å². The maximum atomic E-state index is 11.5. The molecule has 0 heterocycles. The van der Waals surface area contributed by atoms with Crippen LogP contribution in [0.2, 0.25) is 0 Å². The molecule has 16 heavy (non-hydrogen) atoms. The minimum atomic E-state index is 0.139. The minimum Gasteiger partial charge on any atom is -0.359 e. The Morgan fingerprint density at radius 2 is 2.06 bits per heavy atom. The molecular weight excluding hydrogens is 266 g/mol. The van der Waals surface area contributed by atoms with Crippen molar-refractivity contribution in [1.82, 2.24) is 5.32 Å². The quantitative estimate of drug-likeness (QED) is 0.903. The van der Waals surface area contributed by atoms with Crippen LogP contribution < -0.4 is 5.32 Å². The topological polar surface area (TPSA) is 29.1 Å². The van der Waals surface area contributed by atoms with E-state index in [0.717, 1.165) is 4.47 Å². The zero-order valence-electron chi connectivity index (χ0n) is 9.37. The van der Waals surface area contributed by atoms with Crippen LogP contribution in [-0.2, 0) is 4.79 Å². The highest BCUT2D eigenvalue weighted by molar-refractivity contribution is 9.10. The van der Waals surface area contributed by atoms with Crippen LogP contribution in [0, 0.1) is 5.92 Å². The van der Waals surface area contributed by atoms with E-state index in [2.05, 4.69) is 45.5 Å². The van der Waals surface area contributed by atoms with E-state index in [1.807, 2.05) is 0 Å². The summed E-state index contributed by atoms with van der Waals surface area (Å²) >= 11 is 3.43. The fourth-order valence-corrected chi connectivity index (χ4v) is 2.33. The lowest BCUT2D eigenvalue weighted by atomic mass is 9.91. The van der Waals surface area contributed by atoms with Crippen molar-refractivity contribution >= 4 is 21.8 Å². The van der Waals surface area contributed by atoms with Gasteiger partial charge < -0.3 is 5.32 Å². The normalized spacial score (nSPS) is 16.9. The highest BCUT2D eigenvalue weighted by Gasteiger charge is 2.33. The standard InChI is InChI=1S/C13H16BrNO/c1-15-13(16)8-12(9-2-3-9)10-4-6-11(14)7-5-10/h4-7,9,12H,2-3,8H2,1H3,(H,15,16). The number of amides is 1. The summed E-state index contributed by atoms with van der Waals surface area (Å²) < 4.78 is 1.09. The summed E-state index contributed by atoms with van der Waals surface area (Å²) in [5.41, 5.74) is 1.29. The summed E-state index contributed by atoms with van der Waals surface area (Å²) in [7, 11) is 1.70. The van der Waals surface area contributed by atoms with Gasteiger partial charge in [-0.25, -0.2) is 0 Å². The number of hydrogen-bond acceptors (Lipinski definition) is 1. The van der Waals surface area contributed by atoms with Gasteiger partial charge in [-0.05, 0) is 42.4 Å². The number of benzene rings is 1. The van der Waals surface area contributed by atoms with Gasteiger partial charge in [-0.3, -0.25) is 4.79 Å². The van der Waals surface area contributed by atoms with Crippen LogP contribution in [-0.4, -0.2) is 13.0 Å². The van der Waals surface area contributed by atoms with Crippen LogP contribution >= 0.6 is 15.9 Å². The molecule has 86 valence electrons. The Bertz CT molecular complexity index is 370. The third kappa shape index (κ3) is 2.85. The molecule has 1 aromatic carbocycles. The molecule has 1 N–H and O–H groups in total. The molecule has 1 fully saturated rings. The first-order chi connectivity index (χ1) is 7.70. The Balaban J connectivity index is 2.12. The van der Waals surface area contributed by atoms with Gasteiger partial charge in [0.25, 0.3) is 0 Å². The molecule has 3 heteroatoms. The van der Waals surface area contributed by atoms with Crippen LogP contribution in [0.1, 0.15) is 30.7 Å². The van der Waals surface area contributed by atoms with Gasteiger partial charge in [0, 0.05) is 17.9 Å². The van der Waals surface area contributed by atoms with E-state index in [1.54, 1.807) is 7.05 Å². The molecule has 0 radical (unpaired) electrons. The van der Waals surface area contributed by atoms with Gasteiger partial charge in [0.2, 0.25) is 5.91 Å². The molecule has 1 atom stereocenters. The van der Waals surface area contributed by atoms with Gasteiger partial charge in [0.1, 0.15) is 0 Å². The number of halogens is 1. The molecule has 1 amide bonds. The first kappa shape index (κ1) is 11.6. The molecule has 1 aliphatic rings. The molecule has 1 saturated carbocycles. The van der Waals surface area contributed by atoms with Crippen molar-refractivity contribution in [2.24, 2.45) is 5.92 Å². The smallest absolute Gasteiger partial charge is 0.220 e. The molecule has 0 spiro atoms. The second-order valence-corrected chi connectivity index (χ2v) is 5.29. The maximum Gasteiger partial charge on any atom is 0.220 e. The second-order valence-electron chi connectivity index (χ2n) is 4.37. The van der Waals surface area contributed by atoms with Gasteiger partial charge in [-0.1, -0.05) is 28.1 Å². The Kier molecular flexibility index (Phi) is 3.64. The molecule has 0 aliphatic heterocycles. The van der Waals surface area contributed by atoms with Gasteiger partial charge in [-0.2, -0.15) is 0 Å². The first-order valence-electron chi connectivity index (χ1n) is 5.66. The fourth-order valence-electron chi connectivity index (χ4n) is 2.07. The van der Waals surface area contributed by atoms with E-state index in [9.17, 15) is 4.79 Å². The lowest BCUT2D eigenvalue weighted by molar-refractivity contribution is -0.121. The maximum absolute atomic E-state index is 11.5. The van der Waals surface area contributed by atoms with E-state index in [4.69, 9.17) is 0 Å². The summed E-state index contributed by atoms with van der Waals surface area (Å²) in [6.45, 7) is 0. The van der Waals surface area contributed by atoms with E-state index in [-0.39, 0.29) is 5.91 Å². The molecule has 0 aromatic heterocycles. The van der Waals surface area contributed by atoms with Crippen LogP contribution in [0.4, 0.5) is 0 Å². The molecule has 2 rings (SSSR count). The summed E-state index contributed by atoms with van der Waals surface area (Å²) in [6, 6.07) is 8.34. The van der Waals surface area contributed by atoms with Crippen LogP contribution in [0.5, 0.6) is 0 Å². The summed E-state index contributed by atoms with van der Waals surface area (Å²) in [5.74, 6) is 1.24. The Labute approximate surface area is 105 Å². The van der Waals surface area contributed by atoms with Crippen molar-refractivity contribution in [3.8, 4) is 0 Å². The number of carbonyl (C=O) groups excluding carboxylic acids is 1. The van der Waals surface area contributed by atoms with Crippen LogP contribution in [0.25, 0.3) is 0 Å².